The van der Waals surface area contributed by atoms with Crippen molar-refractivity contribution in [2.75, 3.05) is 13.2 Å². The second-order valence-corrected chi connectivity index (χ2v) is 5.08. The van der Waals surface area contributed by atoms with Crippen LogP contribution in [0.25, 0.3) is 0 Å². The molecule has 1 fully saturated rings. The minimum absolute atomic E-state index is 0.0184. The van der Waals surface area contributed by atoms with E-state index in [1.54, 1.807) is 0 Å². The number of urea groups is 1. The first-order chi connectivity index (χ1) is 10.2. The largest absolute Gasteiger partial charge is 0.493 e. The van der Waals surface area contributed by atoms with Gasteiger partial charge in [-0.05, 0) is 18.2 Å². The maximum Gasteiger partial charge on any atom is 0.406 e. The zero-order valence-corrected chi connectivity index (χ0v) is 11.0. The van der Waals surface area contributed by atoms with Gasteiger partial charge >= 0.3 is 12.2 Å². The van der Waals surface area contributed by atoms with E-state index in [2.05, 4.69) is 5.32 Å². The van der Waals surface area contributed by atoms with Gasteiger partial charge in [0.15, 0.2) is 5.54 Å². The lowest BCUT2D eigenvalue weighted by atomic mass is 9.84. The number of hydrogen-bond donors (Lipinski definition) is 1. The molecule has 1 aromatic carbocycles. The molecule has 2 aliphatic rings. The van der Waals surface area contributed by atoms with Crippen LogP contribution in [0.15, 0.2) is 18.2 Å². The molecule has 22 heavy (non-hydrogen) atoms. The number of carbonyl (C=O) groups excluding carboxylic acids is 2. The zero-order chi connectivity index (χ0) is 16.1. The van der Waals surface area contributed by atoms with Gasteiger partial charge in [-0.25, -0.2) is 9.18 Å². The predicted molar refractivity (Wildman–Crippen MR) is 64.5 cm³/mol. The fourth-order valence-corrected chi connectivity index (χ4v) is 2.71. The van der Waals surface area contributed by atoms with Crippen molar-refractivity contribution in [2.45, 2.75) is 18.1 Å². The van der Waals surface area contributed by atoms with E-state index < -0.39 is 36.0 Å². The van der Waals surface area contributed by atoms with E-state index in [1.807, 2.05) is 0 Å². The van der Waals surface area contributed by atoms with Crippen LogP contribution in [0.2, 0.25) is 0 Å². The van der Waals surface area contributed by atoms with Crippen LogP contribution in [-0.4, -0.2) is 36.2 Å². The van der Waals surface area contributed by atoms with Crippen LogP contribution >= 0.6 is 0 Å². The molecule has 0 aliphatic carbocycles. The Morgan fingerprint density at radius 3 is 2.73 bits per heavy atom. The maximum absolute atomic E-state index is 13.5. The number of benzene rings is 1. The third-order valence-corrected chi connectivity index (χ3v) is 3.65. The number of rotatable bonds is 1. The number of fused-ring (bicyclic) bond motifs is 2. The molecule has 5 nitrogen and oxygen atoms in total. The van der Waals surface area contributed by atoms with E-state index >= 15 is 0 Å². The van der Waals surface area contributed by atoms with Crippen molar-refractivity contribution >= 4 is 11.9 Å². The van der Waals surface area contributed by atoms with Gasteiger partial charge in [-0.15, -0.1) is 0 Å². The van der Waals surface area contributed by atoms with Gasteiger partial charge in [0.25, 0.3) is 5.91 Å². The highest BCUT2D eigenvalue weighted by Crippen LogP contribution is 2.41. The summed E-state index contributed by atoms with van der Waals surface area (Å²) in [6.07, 6.45) is -4.78. The van der Waals surface area contributed by atoms with Gasteiger partial charge in [0.2, 0.25) is 0 Å². The summed E-state index contributed by atoms with van der Waals surface area (Å²) in [5, 5.41) is 2.27. The van der Waals surface area contributed by atoms with Crippen LogP contribution in [0.5, 0.6) is 5.75 Å². The van der Waals surface area contributed by atoms with E-state index in [0.717, 1.165) is 12.1 Å². The average Bonchev–Trinajstić information content (AvgIpc) is 2.64. The van der Waals surface area contributed by atoms with Crippen LogP contribution in [0.4, 0.5) is 22.4 Å². The Kier molecular flexibility index (Phi) is 3.05. The van der Waals surface area contributed by atoms with Gasteiger partial charge in [-0.1, -0.05) is 0 Å². The standard InChI is InChI=1S/C13H10F4N2O3/c14-7-1-2-9-8(5-7)12(3-4-22-9)10(20)19(11(21)18-12)6-13(15,16)17/h1-2,5H,3-4,6H2,(H,18,21). The summed E-state index contributed by atoms with van der Waals surface area (Å²) >= 11 is 0. The SMILES string of the molecule is O=C1NC2(CCOc3ccc(F)cc32)C(=O)N1CC(F)(F)F. The Morgan fingerprint density at radius 2 is 2.05 bits per heavy atom. The number of halogens is 4. The molecule has 0 aromatic heterocycles. The minimum atomic E-state index is -4.71. The van der Waals surface area contributed by atoms with Crippen molar-refractivity contribution in [2.24, 2.45) is 0 Å². The van der Waals surface area contributed by atoms with Crippen LogP contribution in [0.1, 0.15) is 12.0 Å². The highest BCUT2D eigenvalue weighted by Gasteiger charge is 2.56. The predicted octanol–water partition coefficient (Wildman–Crippen LogP) is 1.92. The molecule has 9 heteroatoms. The molecule has 1 atom stereocenters. The van der Waals surface area contributed by atoms with Gasteiger partial charge in [0, 0.05) is 12.0 Å². The second-order valence-electron chi connectivity index (χ2n) is 5.08. The minimum Gasteiger partial charge on any atom is -0.493 e. The molecule has 1 unspecified atom stereocenters. The molecule has 3 amide bonds. The molecule has 0 radical (unpaired) electrons. The highest BCUT2D eigenvalue weighted by atomic mass is 19.4. The molecule has 3 rings (SSSR count). The normalized spacial score (nSPS) is 24.3. The Morgan fingerprint density at radius 1 is 1.32 bits per heavy atom. The number of carbonyl (C=O) groups is 2. The quantitative estimate of drug-likeness (QED) is 0.636. The smallest absolute Gasteiger partial charge is 0.406 e. The summed E-state index contributed by atoms with van der Waals surface area (Å²) in [5.74, 6) is -1.57. The van der Waals surface area contributed by atoms with Gasteiger partial charge in [-0.3, -0.25) is 9.69 Å². The van der Waals surface area contributed by atoms with E-state index in [1.165, 1.54) is 6.07 Å². The van der Waals surface area contributed by atoms with Gasteiger partial charge in [-0.2, -0.15) is 13.2 Å². The van der Waals surface area contributed by atoms with E-state index in [9.17, 15) is 27.2 Å². The lowest BCUT2D eigenvalue weighted by molar-refractivity contribution is -0.155. The lowest BCUT2D eigenvalue weighted by Gasteiger charge is -2.33. The van der Waals surface area contributed by atoms with Crippen molar-refractivity contribution in [3.05, 3.63) is 29.6 Å². The van der Waals surface area contributed by atoms with Crippen LogP contribution in [-0.2, 0) is 10.3 Å². The lowest BCUT2D eigenvalue weighted by Crippen LogP contribution is -2.48. The topological polar surface area (TPSA) is 58.6 Å². The molecular weight excluding hydrogens is 308 g/mol. The molecule has 1 saturated heterocycles. The number of amides is 3. The Bertz CT molecular complexity index is 661. The summed E-state index contributed by atoms with van der Waals surface area (Å²) in [6, 6.07) is 2.22. The monoisotopic (exact) mass is 318 g/mol. The number of hydrogen-bond acceptors (Lipinski definition) is 3. The molecule has 1 spiro atoms. The first-order valence-corrected chi connectivity index (χ1v) is 6.37. The molecule has 0 saturated carbocycles. The highest BCUT2D eigenvalue weighted by molar-refractivity contribution is 6.08. The Balaban J connectivity index is 2.04. The molecular formula is C13H10F4N2O3. The Hall–Kier alpha value is -2.32. The molecule has 0 bridgehead atoms. The van der Waals surface area contributed by atoms with Crippen molar-refractivity contribution < 1.29 is 31.9 Å². The molecule has 1 N–H and O–H groups in total. The Labute approximate surface area is 121 Å². The maximum atomic E-state index is 13.5. The van der Waals surface area contributed by atoms with Gasteiger partial charge in [0.05, 0.1) is 6.61 Å². The number of alkyl halides is 3. The van der Waals surface area contributed by atoms with Crippen LogP contribution in [0, 0.1) is 5.82 Å². The van der Waals surface area contributed by atoms with Crippen molar-refractivity contribution in [1.82, 2.24) is 10.2 Å². The van der Waals surface area contributed by atoms with Crippen molar-refractivity contribution in [3.63, 3.8) is 0 Å². The molecule has 1 aromatic rings. The zero-order valence-electron chi connectivity index (χ0n) is 11.0. The number of nitrogens with one attached hydrogen (secondary N) is 1. The summed E-state index contributed by atoms with van der Waals surface area (Å²) in [6.45, 7) is -1.67. The third-order valence-electron chi connectivity index (χ3n) is 3.65. The van der Waals surface area contributed by atoms with Crippen molar-refractivity contribution in [3.8, 4) is 5.75 Å². The second kappa shape index (κ2) is 4.59. The first-order valence-electron chi connectivity index (χ1n) is 6.37. The summed E-state index contributed by atoms with van der Waals surface area (Å²) in [4.78, 5) is 24.3. The van der Waals surface area contributed by atoms with E-state index in [4.69, 9.17) is 4.74 Å². The van der Waals surface area contributed by atoms with Crippen LogP contribution in [0.3, 0.4) is 0 Å². The molecule has 118 valence electrons. The summed E-state index contributed by atoms with van der Waals surface area (Å²) < 4.78 is 56.3. The van der Waals surface area contributed by atoms with Crippen molar-refractivity contribution in [1.29, 1.82) is 0 Å². The summed E-state index contributed by atoms with van der Waals surface area (Å²) in [5.41, 5.74) is -1.68. The number of imide groups is 1. The van der Waals surface area contributed by atoms with E-state index in [0.29, 0.717) is 0 Å². The third kappa shape index (κ3) is 2.16. The summed E-state index contributed by atoms with van der Waals surface area (Å²) in [7, 11) is 0. The molecule has 2 heterocycles. The van der Waals surface area contributed by atoms with E-state index in [-0.39, 0.29) is 29.2 Å². The number of nitrogens with zero attached hydrogens (tertiary/aromatic N) is 1. The molecule has 2 aliphatic heterocycles. The number of ether oxygens (including phenoxy) is 1. The fourth-order valence-electron chi connectivity index (χ4n) is 2.71. The first kappa shape index (κ1) is 14.6. The van der Waals surface area contributed by atoms with Gasteiger partial charge in [0.1, 0.15) is 18.1 Å². The fraction of sp³-hybridized carbons (Fsp3) is 0.385. The van der Waals surface area contributed by atoms with Gasteiger partial charge < -0.3 is 10.1 Å². The van der Waals surface area contributed by atoms with Crippen LogP contribution < -0.4 is 10.1 Å². The average molecular weight is 318 g/mol.